The minimum Gasteiger partial charge on any atom is -0.347 e. The lowest BCUT2D eigenvalue weighted by molar-refractivity contribution is 0.0732. The van der Waals surface area contributed by atoms with Gasteiger partial charge >= 0.3 is 0 Å². The van der Waals surface area contributed by atoms with Gasteiger partial charge in [-0.05, 0) is 12.1 Å². The van der Waals surface area contributed by atoms with Crippen molar-refractivity contribution in [3.8, 4) is 0 Å². The largest absolute Gasteiger partial charge is 0.347 e. The first-order valence-electron chi connectivity index (χ1n) is 5.80. The van der Waals surface area contributed by atoms with Crippen LogP contribution < -0.4 is 0 Å². The number of rotatable bonds is 1. The summed E-state index contributed by atoms with van der Waals surface area (Å²) < 4.78 is 0. The molecule has 2 aromatic rings. The van der Waals surface area contributed by atoms with Crippen molar-refractivity contribution in [1.29, 1.82) is 0 Å². The molecule has 0 bridgehead atoms. The van der Waals surface area contributed by atoms with Crippen LogP contribution in [0.15, 0.2) is 30.6 Å². The van der Waals surface area contributed by atoms with E-state index in [0.717, 1.165) is 17.8 Å². The summed E-state index contributed by atoms with van der Waals surface area (Å²) in [6.45, 7) is 1.25. The predicted molar refractivity (Wildman–Crippen MR) is 68.5 cm³/mol. The van der Waals surface area contributed by atoms with Crippen LogP contribution in [-0.4, -0.2) is 27.3 Å². The lowest BCUT2D eigenvalue weighted by Crippen LogP contribution is -2.36. The van der Waals surface area contributed by atoms with Gasteiger partial charge in [-0.15, -0.1) is 0 Å². The van der Waals surface area contributed by atoms with E-state index in [4.69, 9.17) is 11.6 Å². The quantitative estimate of drug-likeness (QED) is 0.856. The fraction of sp³-hybridized carbons (Fsp3) is 0.231. The Morgan fingerprint density at radius 3 is 3.06 bits per heavy atom. The Balaban J connectivity index is 1.85. The number of fused-ring (bicyclic) bond motifs is 1. The molecule has 18 heavy (non-hydrogen) atoms. The standard InChI is InChI=1S/C13H12ClN3O/c14-10-4-2-1-3-9(10)13(18)17-6-5-11-12(7-17)16-8-15-11/h1-4,8H,5-7H2,(H,15,16). The molecule has 1 aliphatic heterocycles. The summed E-state index contributed by atoms with van der Waals surface area (Å²) >= 11 is 6.05. The third kappa shape index (κ3) is 1.88. The number of H-pyrrole nitrogens is 1. The Morgan fingerprint density at radius 2 is 2.22 bits per heavy atom. The van der Waals surface area contributed by atoms with E-state index in [1.165, 1.54) is 0 Å². The van der Waals surface area contributed by atoms with Crippen molar-refractivity contribution in [3.05, 3.63) is 52.6 Å². The summed E-state index contributed by atoms with van der Waals surface area (Å²) in [7, 11) is 0. The highest BCUT2D eigenvalue weighted by Gasteiger charge is 2.24. The Labute approximate surface area is 110 Å². The molecule has 2 heterocycles. The zero-order valence-corrected chi connectivity index (χ0v) is 10.4. The molecule has 0 radical (unpaired) electrons. The molecule has 92 valence electrons. The molecular weight excluding hydrogens is 250 g/mol. The topological polar surface area (TPSA) is 49.0 Å². The van der Waals surface area contributed by atoms with Gasteiger partial charge in [-0.3, -0.25) is 4.79 Å². The SMILES string of the molecule is O=C(c1ccccc1Cl)N1CCc2nc[nH]c2C1. The number of hydrogen-bond donors (Lipinski definition) is 1. The highest BCUT2D eigenvalue weighted by Crippen LogP contribution is 2.21. The monoisotopic (exact) mass is 261 g/mol. The molecule has 1 amide bonds. The maximum atomic E-state index is 12.4. The first kappa shape index (κ1) is 11.3. The molecule has 5 heteroatoms. The molecular formula is C13H12ClN3O. The fourth-order valence-corrected chi connectivity index (χ4v) is 2.41. The van der Waals surface area contributed by atoms with Gasteiger partial charge in [-0.2, -0.15) is 0 Å². The van der Waals surface area contributed by atoms with E-state index in [2.05, 4.69) is 9.97 Å². The number of carbonyl (C=O) groups excluding carboxylic acids is 1. The van der Waals surface area contributed by atoms with Gasteiger partial charge in [0, 0.05) is 13.0 Å². The fourth-order valence-electron chi connectivity index (χ4n) is 2.19. The number of nitrogens with one attached hydrogen (secondary N) is 1. The Hall–Kier alpha value is -1.81. The van der Waals surface area contributed by atoms with Gasteiger partial charge in [-0.25, -0.2) is 4.98 Å². The van der Waals surface area contributed by atoms with E-state index in [1.807, 2.05) is 12.1 Å². The number of nitrogens with zero attached hydrogens (tertiary/aromatic N) is 2. The second kappa shape index (κ2) is 4.46. The van der Waals surface area contributed by atoms with Crippen molar-refractivity contribution in [1.82, 2.24) is 14.9 Å². The van der Waals surface area contributed by atoms with Crippen LogP contribution in [0, 0.1) is 0 Å². The smallest absolute Gasteiger partial charge is 0.255 e. The second-order valence-corrected chi connectivity index (χ2v) is 4.69. The van der Waals surface area contributed by atoms with Crippen molar-refractivity contribution in [3.63, 3.8) is 0 Å². The normalized spacial score (nSPS) is 14.4. The minimum atomic E-state index is -0.0270. The molecule has 0 spiro atoms. The van der Waals surface area contributed by atoms with Crippen LogP contribution >= 0.6 is 11.6 Å². The number of halogens is 1. The van der Waals surface area contributed by atoms with Crippen LogP contribution in [0.2, 0.25) is 5.02 Å². The van der Waals surface area contributed by atoms with Crippen molar-refractivity contribution >= 4 is 17.5 Å². The summed E-state index contributed by atoms with van der Waals surface area (Å²) in [4.78, 5) is 21.4. The van der Waals surface area contributed by atoms with Gasteiger partial charge in [0.1, 0.15) is 0 Å². The number of carbonyl (C=O) groups is 1. The summed E-state index contributed by atoms with van der Waals surface area (Å²) in [6, 6.07) is 7.14. The molecule has 3 rings (SSSR count). The third-order valence-corrected chi connectivity index (χ3v) is 3.50. The number of aromatic amines is 1. The summed E-state index contributed by atoms with van der Waals surface area (Å²) in [6.07, 6.45) is 2.46. The van der Waals surface area contributed by atoms with Crippen molar-refractivity contribution in [2.45, 2.75) is 13.0 Å². The number of aromatic nitrogens is 2. The average molecular weight is 262 g/mol. The van der Waals surface area contributed by atoms with E-state index >= 15 is 0 Å². The maximum Gasteiger partial charge on any atom is 0.255 e. The van der Waals surface area contributed by atoms with E-state index in [-0.39, 0.29) is 5.91 Å². The zero-order chi connectivity index (χ0) is 12.5. The van der Waals surface area contributed by atoms with Gasteiger partial charge in [0.05, 0.1) is 34.8 Å². The zero-order valence-electron chi connectivity index (χ0n) is 9.69. The molecule has 1 N–H and O–H groups in total. The maximum absolute atomic E-state index is 12.4. The van der Waals surface area contributed by atoms with Gasteiger partial charge in [-0.1, -0.05) is 23.7 Å². The van der Waals surface area contributed by atoms with Crippen LogP contribution in [0.4, 0.5) is 0 Å². The number of imidazole rings is 1. The molecule has 0 aliphatic carbocycles. The van der Waals surface area contributed by atoms with Crippen molar-refractivity contribution < 1.29 is 4.79 Å². The van der Waals surface area contributed by atoms with Crippen molar-refractivity contribution in [2.75, 3.05) is 6.54 Å². The predicted octanol–water partition coefficient (Wildman–Crippen LogP) is 2.26. The molecule has 1 aromatic carbocycles. The van der Waals surface area contributed by atoms with Crippen LogP contribution in [0.3, 0.4) is 0 Å². The van der Waals surface area contributed by atoms with E-state index in [1.54, 1.807) is 23.4 Å². The molecule has 0 saturated heterocycles. The first-order chi connectivity index (χ1) is 8.75. The average Bonchev–Trinajstić information content (AvgIpc) is 2.85. The lowest BCUT2D eigenvalue weighted by atomic mass is 10.1. The van der Waals surface area contributed by atoms with Crippen LogP contribution in [0.1, 0.15) is 21.7 Å². The molecule has 0 saturated carbocycles. The lowest BCUT2D eigenvalue weighted by Gasteiger charge is -2.26. The first-order valence-corrected chi connectivity index (χ1v) is 6.18. The molecule has 0 atom stereocenters. The second-order valence-electron chi connectivity index (χ2n) is 4.28. The van der Waals surface area contributed by atoms with Gasteiger partial charge in [0.15, 0.2) is 0 Å². The summed E-state index contributed by atoms with van der Waals surface area (Å²) in [5.74, 6) is -0.0270. The summed E-state index contributed by atoms with van der Waals surface area (Å²) in [5, 5.41) is 0.498. The highest BCUT2D eigenvalue weighted by atomic mass is 35.5. The van der Waals surface area contributed by atoms with Crippen molar-refractivity contribution in [2.24, 2.45) is 0 Å². The number of benzene rings is 1. The van der Waals surface area contributed by atoms with Gasteiger partial charge < -0.3 is 9.88 Å². The molecule has 0 fully saturated rings. The van der Waals surface area contributed by atoms with Crippen LogP contribution in [-0.2, 0) is 13.0 Å². The van der Waals surface area contributed by atoms with Crippen LogP contribution in [0.5, 0.6) is 0 Å². The Morgan fingerprint density at radius 1 is 1.39 bits per heavy atom. The number of hydrogen-bond acceptors (Lipinski definition) is 2. The van der Waals surface area contributed by atoms with Gasteiger partial charge in [0.25, 0.3) is 5.91 Å². The van der Waals surface area contributed by atoms with E-state index in [0.29, 0.717) is 23.7 Å². The highest BCUT2D eigenvalue weighted by molar-refractivity contribution is 6.33. The molecule has 0 unspecified atom stereocenters. The Kier molecular flexibility index (Phi) is 2.80. The molecule has 1 aliphatic rings. The Bertz CT molecular complexity index is 593. The van der Waals surface area contributed by atoms with Crippen LogP contribution in [0.25, 0.3) is 0 Å². The summed E-state index contributed by atoms with van der Waals surface area (Å²) in [5.41, 5.74) is 2.63. The van der Waals surface area contributed by atoms with E-state index in [9.17, 15) is 4.79 Å². The molecule has 4 nitrogen and oxygen atoms in total. The third-order valence-electron chi connectivity index (χ3n) is 3.17. The number of amides is 1. The van der Waals surface area contributed by atoms with Gasteiger partial charge in [0.2, 0.25) is 0 Å². The van der Waals surface area contributed by atoms with E-state index < -0.39 is 0 Å². The molecule has 1 aromatic heterocycles. The minimum absolute atomic E-state index is 0.0270.